The van der Waals surface area contributed by atoms with E-state index < -0.39 is 23.7 Å². The number of hydrogen-bond acceptors (Lipinski definition) is 7. The summed E-state index contributed by atoms with van der Waals surface area (Å²) in [5.74, 6) is 5.44. The van der Waals surface area contributed by atoms with E-state index in [-0.39, 0.29) is 23.5 Å². The average Bonchev–Trinajstić information content (AvgIpc) is 3.48. The summed E-state index contributed by atoms with van der Waals surface area (Å²) in [6.45, 7) is 2.07. The fourth-order valence-corrected chi connectivity index (χ4v) is 5.94. The highest BCUT2D eigenvalue weighted by atomic mass is 35.5. The van der Waals surface area contributed by atoms with Crippen LogP contribution in [0.1, 0.15) is 35.0 Å². The first-order chi connectivity index (χ1) is 19.2. The molecule has 5 atom stereocenters. The van der Waals surface area contributed by atoms with Crippen molar-refractivity contribution in [1.29, 1.82) is 0 Å². The van der Waals surface area contributed by atoms with Crippen LogP contribution in [-0.2, 0) is 11.3 Å². The summed E-state index contributed by atoms with van der Waals surface area (Å²) in [5.41, 5.74) is 1.69. The van der Waals surface area contributed by atoms with E-state index in [4.69, 9.17) is 11.6 Å². The zero-order valence-electron chi connectivity index (χ0n) is 21.7. The maximum atomic E-state index is 14.1. The van der Waals surface area contributed by atoms with Crippen LogP contribution in [-0.4, -0.2) is 54.9 Å². The third kappa shape index (κ3) is 4.27. The Morgan fingerprint density at radius 3 is 2.80 bits per heavy atom. The van der Waals surface area contributed by atoms with E-state index in [1.807, 2.05) is 18.2 Å². The zero-order valence-corrected chi connectivity index (χ0v) is 22.4. The predicted molar refractivity (Wildman–Crippen MR) is 147 cm³/mol. The van der Waals surface area contributed by atoms with Gasteiger partial charge in [-0.05, 0) is 54.7 Å². The molecule has 0 aliphatic heterocycles. The van der Waals surface area contributed by atoms with E-state index in [1.165, 1.54) is 19.4 Å². The summed E-state index contributed by atoms with van der Waals surface area (Å²) in [6.07, 6.45) is -0.449. The Balaban J connectivity index is 1.42. The number of amides is 1. The fourth-order valence-electron chi connectivity index (χ4n) is 5.73. The number of aryl methyl sites for hydroxylation is 1. The smallest absolute Gasteiger partial charge is 0.229 e. The summed E-state index contributed by atoms with van der Waals surface area (Å²) < 4.78 is 15.8. The Hall–Kier alpha value is -4.04. The Morgan fingerprint density at radius 2 is 2.05 bits per heavy atom. The molecule has 2 fully saturated rings. The lowest BCUT2D eigenvalue weighted by atomic mass is 9.98. The molecule has 11 heteroatoms. The molecule has 0 radical (unpaired) electrons. The third-order valence-electron chi connectivity index (χ3n) is 7.90. The van der Waals surface area contributed by atoms with Gasteiger partial charge in [-0.2, -0.15) is 0 Å². The monoisotopic (exact) mass is 560 g/mol. The number of carbonyl (C=O) groups is 1. The van der Waals surface area contributed by atoms with E-state index in [9.17, 15) is 19.4 Å². The number of fused-ring (bicyclic) bond motifs is 2. The van der Waals surface area contributed by atoms with Gasteiger partial charge in [-0.3, -0.25) is 4.79 Å². The molecule has 204 valence electrons. The molecule has 2 heterocycles. The second-order valence-electron chi connectivity index (χ2n) is 10.3. The maximum Gasteiger partial charge on any atom is 0.229 e. The molecule has 2 saturated carbocycles. The van der Waals surface area contributed by atoms with Crippen molar-refractivity contribution in [3.8, 4) is 11.8 Å². The maximum absolute atomic E-state index is 14.1. The lowest BCUT2D eigenvalue weighted by Gasteiger charge is -2.23. The lowest BCUT2D eigenvalue weighted by Crippen LogP contribution is -2.41. The lowest BCUT2D eigenvalue weighted by molar-refractivity contribution is -0.132. The number of carbonyl (C=O) groups excluding carboxylic acids is 1. The van der Waals surface area contributed by atoms with Gasteiger partial charge in [-0.1, -0.05) is 35.7 Å². The van der Waals surface area contributed by atoms with Gasteiger partial charge in [0, 0.05) is 30.1 Å². The number of benzene rings is 2. The first kappa shape index (κ1) is 26.2. The Morgan fingerprint density at radius 1 is 1.23 bits per heavy atom. The predicted octanol–water partition coefficient (Wildman–Crippen LogP) is 2.97. The standard InChI is InChI=1S/C29H26ClFN6O3/c1-15-6-7-16(11-20(15)31)8-9-21-35-26(33-13-17-4-3-5-18(30)10-17)22-27(36-21)37(14-34-22)23-19-12-29(19,28(40)32-2)25(39)24(23)38/h3-7,10-11,14,19,23-25,38-39H,12-13H2,1-2H3,(H,32,40)(H,33,35,36)/t19-,23-,24+,25+,29+/m1/s1. The molecule has 2 aromatic carbocycles. The van der Waals surface area contributed by atoms with Crippen molar-refractivity contribution in [2.75, 3.05) is 12.4 Å². The van der Waals surface area contributed by atoms with Gasteiger partial charge in [0.1, 0.15) is 11.9 Å². The highest BCUT2D eigenvalue weighted by Gasteiger charge is 2.75. The Kier molecular flexibility index (Phi) is 6.45. The molecule has 6 rings (SSSR count). The van der Waals surface area contributed by atoms with E-state index >= 15 is 0 Å². The molecular weight excluding hydrogens is 535 g/mol. The van der Waals surface area contributed by atoms with Gasteiger partial charge < -0.3 is 25.4 Å². The van der Waals surface area contributed by atoms with E-state index in [0.29, 0.717) is 46.1 Å². The number of rotatable bonds is 5. The van der Waals surface area contributed by atoms with Crippen LogP contribution in [0.2, 0.25) is 5.02 Å². The van der Waals surface area contributed by atoms with Crippen LogP contribution in [0.25, 0.3) is 11.2 Å². The van der Waals surface area contributed by atoms with Crippen LogP contribution in [0.3, 0.4) is 0 Å². The summed E-state index contributed by atoms with van der Waals surface area (Å²) in [5, 5.41) is 28.3. The molecule has 0 bridgehead atoms. The average molecular weight is 561 g/mol. The summed E-state index contributed by atoms with van der Waals surface area (Å²) >= 11 is 6.14. The molecule has 2 aliphatic rings. The molecule has 40 heavy (non-hydrogen) atoms. The van der Waals surface area contributed by atoms with Crippen LogP contribution >= 0.6 is 11.6 Å². The third-order valence-corrected chi connectivity index (χ3v) is 8.14. The second-order valence-corrected chi connectivity index (χ2v) is 10.7. The molecule has 2 aromatic heterocycles. The molecule has 0 unspecified atom stereocenters. The van der Waals surface area contributed by atoms with Crippen molar-refractivity contribution < 1.29 is 19.4 Å². The number of nitrogens with one attached hydrogen (secondary N) is 2. The SMILES string of the molecule is CNC(=O)[C@@]12C[C@@H]1[C@@H](n1cnc3c(NCc4cccc(Cl)c4)nc(C#Cc4ccc(C)c(F)c4)nc31)[C@H](O)[C@@H]2O. The number of aliphatic hydroxyl groups excluding tert-OH is 2. The van der Waals surface area contributed by atoms with Crippen LogP contribution < -0.4 is 10.6 Å². The van der Waals surface area contributed by atoms with Crippen molar-refractivity contribution in [3.63, 3.8) is 0 Å². The summed E-state index contributed by atoms with van der Waals surface area (Å²) in [4.78, 5) is 26.4. The normalized spacial score (nSPS) is 24.8. The molecule has 4 N–H and O–H groups in total. The zero-order chi connectivity index (χ0) is 28.2. The number of anilines is 1. The highest BCUT2D eigenvalue weighted by Crippen LogP contribution is 2.67. The van der Waals surface area contributed by atoms with Crippen LogP contribution in [0.4, 0.5) is 10.2 Å². The second kappa shape index (κ2) is 9.86. The number of hydrogen-bond donors (Lipinski definition) is 4. The summed E-state index contributed by atoms with van der Waals surface area (Å²) in [6, 6.07) is 11.5. The molecule has 9 nitrogen and oxygen atoms in total. The van der Waals surface area contributed by atoms with Crippen LogP contribution in [0.15, 0.2) is 48.8 Å². The quantitative estimate of drug-likeness (QED) is 0.277. The van der Waals surface area contributed by atoms with Crippen LogP contribution in [0, 0.1) is 35.9 Å². The van der Waals surface area contributed by atoms with Crippen molar-refractivity contribution >= 4 is 34.5 Å². The molecule has 2 aliphatic carbocycles. The van der Waals surface area contributed by atoms with Gasteiger partial charge in [0.15, 0.2) is 17.0 Å². The van der Waals surface area contributed by atoms with Gasteiger partial charge in [0.2, 0.25) is 11.7 Å². The van der Waals surface area contributed by atoms with E-state index in [1.54, 1.807) is 29.7 Å². The minimum absolute atomic E-state index is 0.158. The molecule has 4 aromatic rings. The van der Waals surface area contributed by atoms with Crippen molar-refractivity contribution in [3.05, 3.63) is 82.1 Å². The Bertz CT molecular complexity index is 1720. The largest absolute Gasteiger partial charge is 0.389 e. The number of aromatic nitrogens is 4. The highest BCUT2D eigenvalue weighted by molar-refractivity contribution is 6.30. The number of halogens is 2. The molecule has 0 saturated heterocycles. The number of aliphatic hydroxyl groups is 2. The minimum atomic E-state index is -1.22. The van der Waals surface area contributed by atoms with Crippen molar-refractivity contribution in [1.82, 2.24) is 24.8 Å². The molecule has 0 spiro atoms. The topological polar surface area (TPSA) is 125 Å². The molecule has 1 amide bonds. The van der Waals surface area contributed by atoms with Crippen LogP contribution in [0.5, 0.6) is 0 Å². The molecular formula is C29H26ClFN6O3. The van der Waals surface area contributed by atoms with Crippen molar-refractivity contribution in [2.24, 2.45) is 11.3 Å². The van der Waals surface area contributed by atoms with E-state index in [2.05, 4.69) is 37.4 Å². The van der Waals surface area contributed by atoms with Crippen molar-refractivity contribution in [2.45, 2.75) is 38.1 Å². The minimum Gasteiger partial charge on any atom is -0.389 e. The number of nitrogens with zero attached hydrogens (tertiary/aromatic N) is 4. The number of imidazole rings is 1. The fraction of sp³-hybridized carbons (Fsp3) is 0.310. The first-order valence-corrected chi connectivity index (χ1v) is 13.2. The van der Waals surface area contributed by atoms with Gasteiger partial charge in [0.05, 0.1) is 23.9 Å². The first-order valence-electron chi connectivity index (χ1n) is 12.8. The summed E-state index contributed by atoms with van der Waals surface area (Å²) in [7, 11) is 1.52. The Labute approximate surface area is 234 Å². The van der Waals surface area contributed by atoms with E-state index in [0.717, 1.165) is 5.56 Å². The van der Waals surface area contributed by atoms with Gasteiger partial charge >= 0.3 is 0 Å². The van der Waals surface area contributed by atoms with Gasteiger partial charge in [-0.15, -0.1) is 0 Å². The van der Waals surface area contributed by atoms with Gasteiger partial charge in [0.25, 0.3) is 0 Å². The van der Waals surface area contributed by atoms with Gasteiger partial charge in [-0.25, -0.2) is 19.3 Å².